The monoisotopic (exact) mass is 486 g/mol. The summed E-state index contributed by atoms with van der Waals surface area (Å²) in [4.78, 5) is 34.0. The molecule has 4 rings (SSSR count). The summed E-state index contributed by atoms with van der Waals surface area (Å²) in [5.41, 5.74) is 3.25. The van der Waals surface area contributed by atoms with Gasteiger partial charge in [-0.1, -0.05) is 41.6 Å². The first-order chi connectivity index (χ1) is 16.8. The van der Waals surface area contributed by atoms with Crippen molar-refractivity contribution >= 4 is 17.5 Å². The molecule has 7 heteroatoms. The second kappa shape index (κ2) is 11.4. The zero-order chi connectivity index (χ0) is 25.1. The standard InChI is InChI=1S/C28H42N2O5/c1-17(2)8-7-9-18(3)14-15-35-29-22-16-23(31)26(32)24-20(22)12-13-21-25(24)28(34)30(27(21)33)19-10-5-4-6-11-19/h8,14,19-21,23-26,31-32H,4-7,9-13,15-16H2,1-3H3/t20-,21+,23+,24-,25+,26+/m0/s1. The van der Waals surface area contributed by atoms with Gasteiger partial charge in [-0.15, -0.1) is 0 Å². The number of carbonyl (C=O) groups is 2. The van der Waals surface area contributed by atoms with Gasteiger partial charge in [0.2, 0.25) is 11.8 Å². The normalized spacial score (nSPS) is 35.2. The van der Waals surface area contributed by atoms with E-state index in [9.17, 15) is 19.8 Å². The molecular formula is C28H42N2O5. The predicted octanol–water partition coefficient (Wildman–Crippen LogP) is 4.14. The second-order valence-electron chi connectivity index (χ2n) is 11.2. The smallest absolute Gasteiger partial charge is 0.233 e. The Balaban J connectivity index is 1.45. The maximum atomic E-state index is 13.6. The van der Waals surface area contributed by atoms with Crippen LogP contribution in [0.4, 0.5) is 0 Å². The fourth-order valence-corrected chi connectivity index (χ4v) is 6.69. The highest BCUT2D eigenvalue weighted by Crippen LogP contribution is 2.50. The van der Waals surface area contributed by atoms with E-state index < -0.39 is 24.0 Å². The van der Waals surface area contributed by atoms with Crippen molar-refractivity contribution in [3.05, 3.63) is 23.3 Å². The summed E-state index contributed by atoms with van der Waals surface area (Å²) in [5, 5.41) is 26.0. The maximum absolute atomic E-state index is 13.6. The number of amides is 2. The van der Waals surface area contributed by atoms with E-state index in [-0.39, 0.29) is 36.1 Å². The highest BCUT2D eigenvalue weighted by atomic mass is 16.6. The number of hydrogen-bond donors (Lipinski definition) is 2. The van der Waals surface area contributed by atoms with Gasteiger partial charge in [0.25, 0.3) is 0 Å². The Labute approximate surface area is 209 Å². The minimum absolute atomic E-state index is 0.0123. The largest absolute Gasteiger partial charge is 0.392 e. The van der Waals surface area contributed by atoms with E-state index in [0.29, 0.717) is 25.2 Å². The Kier molecular flexibility index (Phi) is 8.48. The highest BCUT2D eigenvalue weighted by molar-refractivity contribution is 6.06. The minimum atomic E-state index is -1.04. The number of aliphatic hydroxyl groups excluding tert-OH is 2. The SMILES string of the molecule is CC(C)=CCCC(C)=CCON=C1C[C@@H](O)[C@@H](O)[C@@H]2[C@@H]3C(=O)N(C4CCCCC4)C(=O)[C@@H]3CC[C@@H]12. The molecule has 0 radical (unpaired) electrons. The molecule has 6 atom stereocenters. The lowest BCUT2D eigenvalue weighted by atomic mass is 9.60. The molecule has 194 valence electrons. The Morgan fingerprint density at radius 2 is 1.71 bits per heavy atom. The van der Waals surface area contributed by atoms with Crippen molar-refractivity contribution < 1.29 is 24.6 Å². The van der Waals surface area contributed by atoms with Gasteiger partial charge in [-0.2, -0.15) is 0 Å². The highest BCUT2D eigenvalue weighted by Gasteiger charge is 2.60. The van der Waals surface area contributed by atoms with Gasteiger partial charge in [-0.3, -0.25) is 14.5 Å². The van der Waals surface area contributed by atoms with E-state index in [0.717, 1.165) is 44.9 Å². The van der Waals surface area contributed by atoms with Gasteiger partial charge in [0.05, 0.1) is 29.8 Å². The molecule has 1 heterocycles. The average molecular weight is 487 g/mol. The Morgan fingerprint density at radius 3 is 2.43 bits per heavy atom. The molecule has 4 fully saturated rings. The van der Waals surface area contributed by atoms with E-state index in [4.69, 9.17) is 4.84 Å². The van der Waals surface area contributed by atoms with E-state index in [2.05, 4.69) is 32.0 Å². The van der Waals surface area contributed by atoms with Crippen LogP contribution in [-0.4, -0.2) is 57.5 Å². The molecule has 1 aliphatic heterocycles. The fraction of sp³-hybridized carbons (Fsp3) is 0.750. The van der Waals surface area contributed by atoms with Crippen LogP contribution in [0.25, 0.3) is 0 Å². The molecule has 1 saturated heterocycles. The molecule has 0 spiro atoms. The molecule has 7 nitrogen and oxygen atoms in total. The van der Waals surface area contributed by atoms with Gasteiger partial charge < -0.3 is 15.1 Å². The van der Waals surface area contributed by atoms with Gasteiger partial charge >= 0.3 is 0 Å². The first-order valence-electron chi connectivity index (χ1n) is 13.5. The molecule has 0 aromatic rings. The molecule has 0 aromatic carbocycles. The quantitative estimate of drug-likeness (QED) is 0.244. The molecule has 2 amide bonds. The van der Waals surface area contributed by atoms with Crippen LogP contribution in [0.2, 0.25) is 0 Å². The number of allylic oxidation sites excluding steroid dienone is 3. The molecule has 3 saturated carbocycles. The Morgan fingerprint density at radius 1 is 1.00 bits per heavy atom. The van der Waals surface area contributed by atoms with Crippen LogP contribution in [-0.2, 0) is 14.4 Å². The summed E-state index contributed by atoms with van der Waals surface area (Å²) in [5.74, 6) is -1.83. The molecule has 0 aromatic heterocycles. The minimum Gasteiger partial charge on any atom is -0.392 e. The molecular weight excluding hydrogens is 444 g/mol. The van der Waals surface area contributed by atoms with Crippen molar-refractivity contribution in [2.75, 3.05) is 6.61 Å². The third kappa shape index (κ3) is 5.56. The van der Waals surface area contributed by atoms with Crippen LogP contribution in [0.3, 0.4) is 0 Å². The topological polar surface area (TPSA) is 99.4 Å². The summed E-state index contributed by atoms with van der Waals surface area (Å²) in [6.45, 7) is 6.61. The van der Waals surface area contributed by atoms with Crippen molar-refractivity contribution in [3.8, 4) is 0 Å². The van der Waals surface area contributed by atoms with Gasteiger partial charge in [-0.05, 0) is 65.4 Å². The lowest BCUT2D eigenvalue weighted by Gasteiger charge is -2.45. The van der Waals surface area contributed by atoms with E-state index in [1.807, 2.05) is 6.08 Å². The second-order valence-corrected chi connectivity index (χ2v) is 11.2. The van der Waals surface area contributed by atoms with Crippen molar-refractivity contribution in [1.82, 2.24) is 4.90 Å². The summed E-state index contributed by atoms with van der Waals surface area (Å²) >= 11 is 0. The number of imide groups is 1. The van der Waals surface area contributed by atoms with Crippen LogP contribution < -0.4 is 0 Å². The number of carbonyl (C=O) groups excluding carboxylic acids is 2. The van der Waals surface area contributed by atoms with E-state index in [1.54, 1.807) is 0 Å². The average Bonchev–Trinajstić information content (AvgIpc) is 3.09. The molecule has 0 unspecified atom stereocenters. The van der Waals surface area contributed by atoms with Gasteiger partial charge in [0.15, 0.2) is 0 Å². The molecule has 0 bridgehead atoms. The van der Waals surface area contributed by atoms with Crippen LogP contribution >= 0.6 is 0 Å². The Bertz CT molecular complexity index is 884. The number of likely N-dealkylation sites (tertiary alicyclic amines) is 1. The number of hydrogen-bond acceptors (Lipinski definition) is 6. The number of rotatable bonds is 7. The first kappa shape index (κ1) is 26.1. The maximum Gasteiger partial charge on any atom is 0.233 e. The predicted molar refractivity (Wildman–Crippen MR) is 134 cm³/mol. The first-order valence-corrected chi connectivity index (χ1v) is 13.5. The molecule has 2 N–H and O–H groups in total. The Hall–Kier alpha value is -1.99. The van der Waals surface area contributed by atoms with Gasteiger partial charge in [0, 0.05) is 24.3 Å². The number of aliphatic hydroxyl groups is 2. The number of nitrogens with zero attached hydrogens (tertiary/aromatic N) is 2. The van der Waals surface area contributed by atoms with Gasteiger partial charge in [-0.25, -0.2) is 0 Å². The summed E-state index contributed by atoms with van der Waals surface area (Å²) in [6, 6.07) is -0.0123. The van der Waals surface area contributed by atoms with Crippen LogP contribution in [0, 0.1) is 23.7 Å². The fourth-order valence-electron chi connectivity index (χ4n) is 6.69. The van der Waals surface area contributed by atoms with Gasteiger partial charge in [0.1, 0.15) is 6.61 Å². The van der Waals surface area contributed by atoms with Crippen LogP contribution in [0.15, 0.2) is 28.5 Å². The van der Waals surface area contributed by atoms with Crippen LogP contribution in [0.5, 0.6) is 0 Å². The number of oxime groups is 1. The van der Waals surface area contributed by atoms with Crippen molar-refractivity contribution in [1.29, 1.82) is 0 Å². The number of fused-ring (bicyclic) bond motifs is 3. The van der Waals surface area contributed by atoms with Crippen molar-refractivity contribution in [3.63, 3.8) is 0 Å². The van der Waals surface area contributed by atoms with Crippen molar-refractivity contribution in [2.24, 2.45) is 28.8 Å². The van der Waals surface area contributed by atoms with E-state index >= 15 is 0 Å². The lowest BCUT2D eigenvalue weighted by Crippen LogP contribution is -2.54. The third-order valence-electron chi connectivity index (χ3n) is 8.53. The molecule has 3 aliphatic carbocycles. The summed E-state index contributed by atoms with van der Waals surface area (Å²) < 4.78 is 0. The zero-order valence-electron chi connectivity index (χ0n) is 21.5. The third-order valence-corrected chi connectivity index (χ3v) is 8.53. The van der Waals surface area contributed by atoms with E-state index in [1.165, 1.54) is 16.0 Å². The van der Waals surface area contributed by atoms with Crippen LogP contribution in [0.1, 0.15) is 85.0 Å². The summed E-state index contributed by atoms with van der Waals surface area (Å²) in [7, 11) is 0. The van der Waals surface area contributed by atoms with Crippen molar-refractivity contribution in [2.45, 2.75) is 103 Å². The molecule has 35 heavy (non-hydrogen) atoms. The summed E-state index contributed by atoms with van der Waals surface area (Å²) in [6.07, 6.45) is 10.7. The zero-order valence-corrected chi connectivity index (χ0v) is 21.5. The lowest BCUT2D eigenvalue weighted by molar-refractivity contribution is -0.145. The molecule has 4 aliphatic rings.